The first kappa shape index (κ1) is 53.3. The monoisotopic (exact) mass is 804 g/mol. The molecule has 0 aliphatic carbocycles. The van der Waals surface area contributed by atoms with Crippen molar-refractivity contribution in [1.82, 2.24) is 24.9 Å². The van der Waals surface area contributed by atoms with Gasteiger partial charge in [0.2, 0.25) is 5.91 Å². The van der Waals surface area contributed by atoms with E-state index in [0.717, 1.165) is 22.7 Å². The molecule has 2 rings (SSSR count). The molecule has 312 valence electrons. The van der Waals surface area contributed by atoms with Gasteiger partial charge in [0, 0.05) is 85.8 Å². The Hall–Kier alpha value is -2.80. The number of carbonyl (C=O) groups excluding carboxylic acids is 1. The van der Waals surface area contributed by atoms with Crippen LogP contribution in [0.15, 0.2) is 18.2 Å². The Kier molecular flexibility index (Phi) is 33.1. The molecule has 0 aromatic heterocycles. The summed E-state index contributed by atoms with van der Waals surface area (Å²) in [4.78, 5) is 65.7. The zero-order valence-electron chi connectivity index (χ0n) is 34.1. The molecule has 0 bridgehead atoms. The number of benzene rings is 1. The fraction of sp³-hybridized carbons (Fsp3) is 0.730. The van der Waals surface area contributed by atoms with E-state index in [1.165, 1.54) is 23.7 Å². The molecule has 6 N–H and O–H groups in total. The molecule has 0 spiro atoms. The minimum Gasteiger partial charge on any atom is -0.480 e. The van der Waals surface area contributed by atoms with Gasteiger partial charge < -0.3 is 20.6 Å². The largest absolute Gasteiger partial charge is 0.480 e. The first-order valence-electron chi connectivity index (χ1n) is 19.1. The molecule has 1 amide bonds. The number of hydrogen-bond acceptors (Lipinski definition) is 12. The number of carboxylic acids is 3. The minimum absolute atomic E-state index is 0.0863. The predicted molar refractivity (Wildman–Crippen MR) is 221 cm³/mol. The number of rotatable bonds is 19. The van der Waals surface area contributed by atoms with Crippen LogP contribution in [0.4, 0.5) is 0 Å². The third kappa shape index (κ3) is 26.9. The quantitative estimate of drug-likeness (QED) is 0.0776. The number of aliphatic carboxylic acids is 3. The molecule has 1 saturated heterocycles. The molecule has 1 aliphatic heterocycles. The van der Waals surface area contributed by atoms with Crippen LogP contribution in [0.25, 0.3) is 0 Å². The first-order valence-corrected chi connectivity index (χ1v) is 21.4. The van der Waals surface area contributed by atoms with Crippen molar-refractivity contribution in [2.75, 3.05) is 104 Å². The van der Waals surface area contributed by atoms with Crippen LogP contribution in [0.2, 0.25) is 0 Å². The summed E-state index contributed by atoms with van der Waals surface area (Å²) in [5.74, 6) is -0.347. The van der Waals surface area contributed by atoms with Crippen molar-refractivity contribution in [1.29, 1.82) is 0 Å². The summed E-state index contributed by atoms with van der Waals surface area (Å²) in [6.45, 7) is 16.8. The average molecular weight is 805 g/mol. The second kappa shape index (κ2) is 33.5. The molecule has 1 heterocycles. The van der Waals surface area contributed by atoms with Gasteiger partial charge in [-0.15, -0.1) is 11.8 Å². The highest BCUT2D eigenvalue weighted by Gasteiger charge is 2.21. The smallest absolute Gasteiger partial charge is 0.317 e. The third-order valence-electron chi connectivity index (χ3n) is 7.76. The molecule has 1 aromatic rings. The predicted octanol–water partition coefficient (Wildman–Crippen LogP) is 3.08. The lowest BCUT2D eigenvalue weighted by Gasteiger charge is -2.32. The lowest BCUT2D eigenvalue weighted by Crippen LogP contribution is -2.49. The van der Waals surface area contributed by atoms with E-state index < -0.39 is 24.1 Å². The van der Waals surface area contributed by atoms with Crippen LogP contribution in [0.5, 0.6) is 0 Å². The van der Waals surface area contributed by atoms with E-state index in [4.69, 9.17) is 5.73 Å². The first-order chi connectivity index (χ1) is 25.8. The Balaban J connectivity index is 0. The number of nitroso groups, excluding NO2 is 1. The van der Waals surface area contributed by atoms with E-state index >= 15 is 0 Å². The number of carbonyl (C=O) groups is 4. The van der Waals surface area contributed by atoms with E-state index in [1.807, 2.05) is 46.4 Å². The van der Waals surface area contributed by atoms with Gasteiger partial charge in [-0.2, -0.15) is 11.8 Å². The normalized spacial score (nSPS) is 15.3. The molecule has 17 heteroatoms. The van der Waals surface area contributed by atoms with Crippen LogP contribution in [-0.2, 0) is 37.1 Å². The van der Waals surface area contributed by atoms with Gasteiger partial charge >= 0.3 is 17.9 Å². The molecular formula is C37H70N7O8S2+. The van der Waals surface area contributed by atoms with E-state index in [1.54, 1.807) is 38.2 Å². The maximum atomic E-state index is 12.9. The molecule has 0 radical (unpaired) electrons. The van der Waals surface area contributed by atoms with Crippen LogP contribution in [-0.4, -0.2) is 173 Å². The van der Waals surface area contributed by atoms with Crippen LogP contribution >= 0.6 is 23.5 Å². The highest BCUT2D eigenvalue weighted by atomic mass is 32.2. The number of nitrogens with one attached hydrogen (secondary N) is 1. The molecule has 1 aliphatic rings. The molecule has 1 aromatic carbocycles. The van der Waals surface area contributed by atoms with E-state index in [0.29, 0.717) is 70.4 Å². The fourth-order valence-corrected chi connectivity index (χ4v) is 6.87. The summed E-state index contributed by atoms with van der Waals surface area (Å²) < 4.78 is 0.766. The zero-order valence-corrected chi connectivity index (χ0v) is 35.7. The Bertz CT molecular complexity index is 1180. The average Bonchev–Trinajstić information content (AvgIpc) is 3.14. The fourth-order valence-electron chi connectivity index (χ4n) is 5.11. The summed E-state index contributed by atoms with van der Waals surface area (Å²) >= 11 is 3.35. The molecule has 0 saturated carbocycles. The highest BCUT2D eigenvalue weighted by molar-refractivity contribution is 7.98. The van der Waals surface area contributed by atoms with Gasteiger partial charge in [0.1, 0.15) is 0 Å². The van der Waals surface area contributed by atoms with E-state index in [9.17, 15) is 39.4 Å². The van der Waals surface area contributed by atoms with Gasteiger partial charge in [0.15, 0.2) is 7.05 Å². The van der Waals surface area contributed by atoms with Crippen molar-refractivity contribution in [3.05, 3.63) is 39.8 Å². The van der Waals surface area contributed by atoms with Gasteiger partial charge in [-0.3, -0.25) is 44.5 Å². The number of carboxylic acid groups (broad SMARTS) is 3. The molecular weight excluding hydrogens is 735 g/mol. The molecule has 15 nitrogen and oxygen atoms in total. The van der Waals surface area contributed by atoms with Crippen LogP contribution in [0.3, 0.4) is 0 Å². The SMILES string of the molecule is CC.CC.CC.CCc1cc(CSCCNC(=O)CN2CCN(CC(=O)O)CCN(CC(=O)O)CCN(CC(=O)O)CC2)cc(CSCC(N)[N+](C)=O)c1. The van der Waals surface area contributed by atoms with Crippen molar-refractivity contribution < 1.29 is 39.3 Å². The standard InChI is InChI=1S/C31H51N7O8S2.3C2H6/c1-3-24-14-25(16-26(15-24)22-48-23-27(32)34(2)46)21-47-13-4-33-28(39)17-35-5-7-36(18-29(40)41)9-11-38(20-31(44)45)12-10-37(8-6-35)19-30(42)43;3*1-2/h14-16,27H,3-13,17-23,32H2,1-2H3,(H3-,33,39,40,41,42,43,44,45);3*1-2H3/p+1. The number of nitrogens with two attached hydrogens (primary N) is 1. The maximum Gasteiger partial charge on any atom is 0.317 e. The summed E-state index contributed by atoms with van der Waals surface area (Å²) in [7, 11) is 1.43. The maximum absolute atomic E-state index is 12.9. The molecule has 1 atom stereocenters. The van der Waals surface area contributed by atoms with Crippen LogP contribution in [0.1, 0.15) is 65.2 Å². The van der Waals surface area contributed by atoms with Crippen molar-refractivity contribution in [3.63, 3.8) is 0 Å². The molecule has 1 fully saturated rings. The van der Waals surface area contributed by atoms with Crippen molar-refractivity contribution >= 4 is 47.3 Å². The van der Waals surface area contributed by atoms with Crippen molar-refractivity contribution in [2.24, 2.45) is 5.73 Å². The minimum atomic E-state index is -1.01. The number of nitrogens with zero attached hydrogens (tertiary/aromatic N) is 5. The third-order valence-corrected chi connectivity index (χ3v) is 9.90. The molecule has 1 unspecified atom stereocenters. The summed E-state index contributed by atoms with van der Waals surface area (Å²) in [6, 6.07) is 6.55. The number of aryl methyl sites for hydroxylation is 1. The zero-order chi connectivity index (χ0) is 41.5. The second-order valence-corrected chi connectivity index (χ2v) is 14.0. The topological polar surface area (TPSA) is 200 Å². The lowest BCUT2D eigenvalue weighted by molar-refractivity contribution is -0.552. The molecule has 54 heavy (non-hydrogen) atoms. The summed E-state index contributed by atoms with van der Waals surface area (Å²) in [5.41, 5.74) is 9.47. The Morgan fingerprint density at radius 2 is 1.04 bits per heavy atom. The van der Waals surface area contributed by atoms with Crippen molar-refractivity contribution in [3.8, 4) is 0 Å². The highest BCUT2D eigenvalue weighted by Crippen LogP contribution is 2.21. The van der Waals surface area contributed by atoms with Crippen molar-refractivity contribution in [2.45, 2.75) is 72.6 Å². The number of thioether (sulfide) groups is 2. The Morgan fingerprint density at radius 3 is 1.39 bits per heavy atom. The second-order valence-electron chi connectivity index (χ2n) is 11.8. The summed E-state index contributed by atoms with van der Waals surface area (Å²) in [6.07, 6.45) is 0.384. The van der Waals surface area contributed by atoms with Gasteiger partial charge in [-0.1, -0.05) is 66.7 Å². The van der Waals surface area contributed by atoms with Gasteiger partial charge in [0.05, 0.1) is 31.9 Å². The Labute approximate surface area is 332 Å². The van der Waals surface area contributed by atoms with Gasteiger partial charge in [-0.25, -0.2) is 0 Å². The number of hydrogen-bond donors (Lipinski definition) is 5. The lowest BCUT2D eigenvalue weighted by atomic mass is 10.1. The van der Waals surface area contributed by atoms with Crippen LogP contribution in [0, 0.1) is 4.91 Å². The number of amides is 1. The van der Waals surface area contributed by atoms with Crippen LogP contribution < -0.4 is 11.1 Å². The van der Waals surface area contributed by atoms with E-state index in [2.05, 4.69) is 30.4 Å². The summed E-state index contributed by atoms with van der Waals surface area (Å²) in [5, 5.41) is 31.1. The van der Waals surface area contributed by atoms with Gasteiger partial charge in [0.25, 0.3) is 6.17 Å². The van der Waals surface area contributed by atoms with E-state index in [-0.39, 0.29) is 32.1 Å². The Morgan fingerprint density at radius 1 is 0.685 bits per heavy atom. The van der Waals surface area contributed by atoms with Gasteiger partial charge in [-0.05, 0) is 23.1 Å².